The van der Waals surface area contributed by atoms with E-state index in [0.717, 1.165) is 0 Å². The van der Waals surface area contributed by atoms with Crippen LogP contribution in [0.25, 0.3) is 0 Å². The second-order valence-electron chi connectivity index (χ2n) is 0.224. The van der Waals surface area contributed by atoms with E-state index in [1.54, 1.807) is 0 Å². The Kier molecular flexibility index (Phi) is 78.9. The Morgan fingerprint density at radius 3 is 1.00 bits per heavy atom. The fourth-order valence-electron chi connectivity index (χ4n) is 0. The molecule has 0 aromatic carbocycles. The number of rotatable bonds is 0. The molecule has 0 bridgehead atoms. The maximum atomic E-state index is 8.48. The van der Waals surface area contributed by atoms with E-state index in [0.29, 0.717) is 0 Å². The van der Waals surface area contributed by atoms with E-state index >= 15 is 0 Å². The van der Waals surface area contributed by atoms with Crippen molar-refractivity contribution < 1.29 is 19.7 Å². The van der Waals surface area contributed by atoms with Gasteiger partial charge in [-0.25, -0.2) is 0 Å². The Balaban J connectivity index is -0.0000000221. The van der Waals surface area contributed by atoms with Crippen molar-refractivity contribution in [1.29, 1.82) is 0 Å². The van der Waals surface area contributed by atoms with Crippen LogP contribution in [0.5, 0.6) is 0 Å². The quantitative estimate of drug-likeness (QED) is 0.190. The molecule has 0 atom stereocenters. The van der Waals surface area contributed by atoms with Crippen molar-refractivity contribution in [3.63, 3.8) is 0 Å². The van der Waals surface area contributed by atoms with Crippen LogP contribution in [-0.2, 0) is 9.94 Å². The average molecular weight is 735 g/mol. The van der Waals surface area contributed by atoms with Crippen LogP contribution in [0.15, 0.2) is 0 Å². The first-order valence-electron chi connectivity index (χ1n) is 0.956. The van der Waals surface area contributed by atoms with Gasteiger partial charge in [0.25, 0.3) is 8.25 Å². The zero-order valence-electron chi connectivity index (χ0n) is 4.20. The fraction of sp³-hybridized carbons (Fsp3) is 0. The summed E-state index contributed by atoms with van der Waals surface area (Å²) in [7, 11) is -3.37. The maximum absolute atomic E-state index is 8.48. The van der Waals surface area contributed by atoms with Gasteiger partial charge < -0.3 is 9.79 Å². The van der Waals surface area contributed by atoms with Gasteiger partial charge in [-0.05, 0) is 0 Å². The summed E-state index contributed by atoms with van der Waals surface area (Å²) in [6, 6.07) is 0. The summed E-state index contributed by atoms with van der Waals surface area (Å²) < 4.78 is 25.3. The van der Waals surface area contributed by atoms with Gasteiger partial charge in [-0.1, -0.05) is 4.57 Å². The fourth-order valence-corrected chi connectivity index (χ4v) is 0. The molecule has 0 heterocycles. The van der Waals surface area contributed by atoms with Gasteiger partial charge in [0.05, 0.1) is 0 Å². The van der Waals surface area contributed by atoms with Crippen LogP contribution in [0.1, 0.15) is 0 Å². The van der Waals surface area contributed by atoms with Crippen LogP contribution in [0.3, 0.4) is 0 Å². The monoisotopic (exact) mass is 737 g/mol. The topological polar surface area (TPSA) is 97.3 Å². The van der Waals surface area contributed by atoms with Crippen LogP contribution >= 0.6 is 8.25 Å². The van der Waals surface area contributed by atoms with E-state index in [2.05, 4.69) is 0 Å². The van der Waals surface area contributed by atoms with Crippen molar-refractivity contribution in [2.45, 2.75) is 0 Å². The Hall–Kier alpha value is 2.39. The molecule has 0 saturated heterocycles. The molecule has 0 N–H and O–H groups in total. The van der Waals surface area contributed by atoms with E-state index in [9.17, 15) is 0 Å². The normalized spacial score (nSPS) is 3.78. The van der Waals surface area contributed by atoms with E-state index in [1.165, 1.54) is 0 Å². The third-order valence-electron chi connectivity index (χ3n) is 0. The molecule has 0 aliphatic rings. The van der Waals surface area contributed by atoms with Crippen LogP contribution < -0.4 is 9.79 Å². The Morgan fingerprint density at radius 2 is 1.00 bits per heavy atom. The molecule has 5 nitrogen and oxygen atoms in total. The second kappa shape index (κ2) is 31.5. The molecule has 9 heteroatoms. The Morgan fingerprint density at radius 1 is 1.00 bits per heavy atom. The SMILES string of the molecule is O=[P+]([O-])[O-].[O]=[Pb].[O]=[Pb].[PbH2+2]. The van der Waals surface area contributed by atoms with Crippen molar-refractivity contribution >= 4 is 87.1 Å². The summed E-state index contributed by atoms with van der Waals surface area (Å²) in [5.74, 6) is 0. The van der Waals surface area contributed by atoms with E-state index in [4.69, 9.17) is 19.7 Å². The summed E-state index contributed by atoms with van der Waals surface area (Å²) in [6.45, 7) is 0. The van der Waals surface area contributed by atoms with E-state index in [1.807, 2.05) is 0 Å². The molecule has 0 unspecified atom stereocenters. The summed E-state index contributed by atoms with van der Waals surface area (Å²) in [4.78, 5) is 17.0. The molecule has 9 heavy (non-hydrogen) atoms. The Bertz CT molecular complexity index is 50.2. The van der Waals surface area contributed by atoms with Crippen LogP contribution in [0.4, 0.5) is 0 Å². The first-order chi connectivity index (χ1) is 3.73. The standard InChI is InChI=1S/HO3P.2O.3Pb.2H/c1-4(2)3;;;;;;;/h(H,1,2,3);;;;;;;/q;;;;;+2;;/p-1. The molecule has 0 amide bonds. The van der Waals surface area contributed by atoms with Gasteiger partial charge in [0.15, 0.2) is 0 Å². The minimum absolute atomic E-state index is 0. The van der Waals surface area contributed by atoms with Crippen molar-refractivity contribution in [3.8, 4) is 0 Å². The number of hydrogen-bond donors (Lipinski definition) is 0. The second-order valence-corrected chi connectivity index (χ2v) is 0.671. The number of hydrogen-bond acceptors (Lipinski definition) is 5. The van der Waals surface area contributed by atoms with Gasteiger partial charge in [-0.2, -0.15) is 0 Å². The molecular weight excluding hydrogens is 733 g/mol. The molecule has 0 aliphatic heterocycles. The molecular formula is H2O5PPb3+. The zero-order valence-corrected chi connectivity index (χ0v) is 18.4. The molecule has 0 fully saturated rings. The molecule has 4 radical (unpaired) electrons. The summed E-state index contributed by atoms with van der Waals surface area (Å²) >= 11 is 0.111. The third kappa shape index (κ3) is 128. The summed E-state index contributed by atoms with van der Waals surface area (Å²) in [5.41, 5.74) is 0. The van der Waals surface area contributed by atoms with Crippen molar-refractivity contribution in [3.05, 3.63) is 0 Å². The van der Waals surface area contributed by atoms with Gasteiger partial charge in [0.1, 0.15) is 0 Å². The van der Waals surface area contributed by atoms with Crippen molar-refractivity contribution in [2.24, 2.45) is 0 Å². The van der Waals surface area contributed by atoms with Crippen LogP contribution in [0.2, 0.25) is 0 Å². The molecule has 0 rings (SSSR count). The van der Waals surface area contributed by atoms with Crippen LogP contribution in [-0.4, -0.2) is 78.9 Å². The predicted octanol–water partition coefficient (Wildman–Crippen LogP) is -3.55. The minimum atomic E-state index is -3.37. The predicted molar refractivity (Wildman–Crippen MR) is 29.0 cm³/mol. The van der Waals surface area contributed by atoms with Gasteiger partial charge >= 0.3 is 84.2 Å². The molecule has 0 aromatic heterocycles. The molecule has 48 valence electrons. The molecule has 0 aromatic rings. The summed E-state index contributed by atoms with van der Waals surface area (Å²) in [6.07, 6.45) is 0. The first kappa shape index (κ1) is 22.5. The van der Waals surface area contributed by atoms with Gasteiger partial charge in [0, 0.05) is 0 Å². The van der Waals surface area contributed by atoms with Gasteiger partial charge in [-0.15, -0.1) is 0 Å². The third-order valence-corrected chi connectivity index (χ3v) is 0. The van der Waals surface area contributed by atoms with Crippen molar-refractivity contribution in [1.82, 2.24) is 0 Å². The van der Waals surface area contributed by atoms with E-state index in [-0.39, 0.29) is 78.9 Å². The van der Waals surface area contributed by atoms with Crippen molar-refractivity contribution in [2.75, 3.05) is 0 Å². The Labute approximate surface area is 105 Å². The summed E-state index contributed by atoms with van der Waals surface area (Å²) in [5, 5.41) is 0. The zero-order chi connectivity index (χ0) is 7.58. The van der Waals surface area contributed by atoms with Gasteiger partial charge in [0.2, 0.25) is 0 Å². The molecule has 0 spiro atoms. The average Bonchev–Trinajstić information content (AvgIpc) is 1.75. The molecule has 0 saturated carbocycles. The van der Waals surface area contributed by atoms with Gasteiger partial charge in [-0.3, -0.25) is 0 Å². The van der Waals surface area contributed by atoms with E-state index < -0.39 is 8.25 Å². The first-order valence-corrected chi connectivity index (χ1v) is 5.23. The molecule has 0 aliphatic carbocycles. The van der Waals surface area contributed by atoms with Crippen LogP contribution in [0, 0.1) is 0 Å².